The van der Waals surface area contributed by atoms with Crippen molar-refractivity contribution in [3.05, 3.63) is 30.4 Å². The maximum atomic E-state index is 9.29. The van der Waals surface area contributed by atoms with Gasteiger partial charge in [0.15, 0.2) is 0 Å². The van der Waals surface area contributed by atoms with E-state index in [9.17, 15) is 5.11 Å². The van der Waals surface area contributed by atoms with Crippen LogP contribution >= 0.6 is 0 Å². The van der Waals surface area contributed by atoms with Gasteiger partial charge in [0.1, 0.15) is 11.6 Å². The predicted molar refractivity (Wildman–Crippen MR) is 50.9 cm³/mol. The summed E-state index contributed by atoms with van der Waals surface area (Å²) in [5, 5.41) is 9.29. The van der Waals surface area contributed by atoms with E-state index in [0.717, 1.165) is 24.2 Å². The van der Waals surface area contributed by atoms with Crippen molar-refractivity contribution in [3.8, 4) is 5.75 Å². The van der Waals surface area contributed by atoms with Crippen LogP contribution in [-0.4, -0.2) is 14.5 Å². The van der Waals surface area contributed by atoms with Gasteiger partial charge < -0.3 is 9.51 Å². The quantitative estimate of drug-likeness (QED) is 0.759. The molecule has 68 valence electrons. The van der Waals surface area contributed by atoms with Crippen LogP contribution in [0.4, 0.5) is 0 Å². The molecule has 0 radical (unpaired) electrons. The summed E-state index contributed by atoms with van der Waals surface area (Å²) in [7, 11) is 0. The fourth-order valence-electron chi connectivity index (χ4n) is 1.44. The van der Waals surface area contributed by atoms with E-state index in [4.69, 9.17) is 0 Å². The normalized spacial score (nSPS) is 10.8. The first-order valence-electron chi connectivity index (χ1n) is 4.46. The fourth-order valence-corrected chi connectivity index (χ4v) is 1.44. The Morgan fingerprint density at radius 1 is 1.46 bits per heavy atom. The van der Waals surface area contributed by atoms with Gasteiger partial charge in [-0.05, 0) is 18.6 Å². The van der Waals surface area contributed by atoms with E-state index in [1.807, 2.05) is 16.7 Å². The molecule has 0 bridgehead atoms. The van der Waals surface area contributed by atoms with Gasteiger partial charge in [-0.2, -0.15) is 0 Å². The first-order valence-corrected chi connectivity index (χ1v) is 4.46. The second kappa shape index (κ2) is 3.09. The number of imidazole rings is 1. The zero-order chi connectivity index (χ0) is 9.26. The highest BCUT2D eigenvalue weighted by molar-refractivity contribution is 5.48. The van der Waals surface area contributed by atoms with Crippen molar-refractivity contribution in [3.63, 3.8) is 0 Å². The molecule has 2 heterocycles. The summed E-state index contributed by atoms with van der Waals surface area (Å²) >= 11 is 0. The van der Waals surface area contributed by atoms with Crippen molar-refractivity contribution in [1.82, 2.24) is 9.38 Å². The minimum atomic E-state index is 0.280. The average Bonchev–Trinajstić information content (AvgIpc) is 2.49. The van der Waals surface area contributed by atoms with Crippen molar-refractivity contribution in [2.75, 3.05) is 0 Å². The summed E-state index contributed by atoms with van der Waals surface area (Å²) in [6, 6.07) is 3.54. The molecule has 0 spiro atoms. The van der Waals surface area contributed by atoms with Gasteiger partial charge in [0, 0.05) is 6.42 Å². The molecule has 2 rings (SSSR count). The molecule has 3 heteroatoms. The molecule has 0 fully saturated rings. The lowest BCUT2D eigenvalue weighted by atomic mass is 10.3. The SMILES string of the molecule is CCCc1ncc2ccc(O)cn12. The molecule has 0 aliphatic rings. The van der Waals surface area contributed by atoms with Gasteiger partial charge in [0.05, 0.1) is 17.9 Å². The number of pyridine rings is 1. The Morgan fingerprint density at radius 2 is 2.31 bits per heavy atom. The highest BCUT2D eigenvalue weighted by Crippen LogP contribution is 2.14. The van der Waals surface area contributed by atoms with Crippen LogP contribution in [0.1, 0.15) is 19.2 Å². The van der Waals surface area contributed by atoms with Crippen LogP contribution in [-0.2, 0) is 6.42 Å². The van der Waals surface area contributed by atoms with E-state index < -0.39 is 0 Å². The molecule has 0 atom stereocenters. The highest BCUT2D eigenvalue weighted by atomic mass is 16.3. The largest absolute Gasteiger partial charge is 0.506 e. The van der Waals surface area contributed by atoms with Crippen LogP contribution in [0.3, 0.4) is 0 Å². The van der Waals surface area contributed by atoms with Crippen LogP contribution in [0.5, 0.6) is 5.75 Å². The molecule has 0 unspecified atom stereocenters. The summed E-state index contributed by atoms with van der Waals surface area (Å²) < 4.78 is 1.93. The van der Waals surface area contributed by atoms with E-state index >= 15 is 0 Å². The Hall–Kier alpha value is -1.51. The Bertz CT molecular complexity index is 420. The topological polar surface area (TPSA) is 37.5 Å². The van der Waals surface area contributed by atoms with Crippen molar-refractivity contribution in [2.45, 2.75) is 19.8 Å². The number of hydrogen-bond acceptors (Lipinski definition) is 2. The molecule has 13 heavy (non-hydrogen) atoms. The monoisotopic (exact) mass is 176 g/mol. The summed E-state index contributed by atoms with van der Waals surface area (Å²) in [5.41, 5.74) is 1.03. The summed E-state index contributed by atoms with van der Waals surface area (Å²) in [4.78, 5) is 4.28. The zero-order valence-electron chi connectivity index (χ0n) is 7.57. The Balaban J connectivity index is 2.58. The number of fused-ring (bicyclic) bond motifs is 1. The van der Waals surface area contributed by atoms with Gasteiger partial charge in [-0.3, -0.25) is 0 Å². The molecule has 0 aliphatic carbocycles. The smallest absolute Gasteiger partial charge is 0.132 e. The zero-order valence-corrected chi connectivity index (χ0v) is 7.57. The van der Waals surface area contributed by atoms with Crippen LogP contribution < -0.4 is 0 Å². The molecule has 0 saturated heterocycles. The first-order chi connectivity index (χ1) is 6.31. The van der Waals surface area contributed by atoms with Gasteiger partial charge in [-0.1, -0.05) is 6.92 Å². The number of aromatic nitrogens is 2. The lowest BCUT2D eigenvalue weighted by Gasteiger charge is -1.99. The molecule has 0 aromatic carbocycles. The van der Waals surface area contributed by atoms with Gasteiger partial charge >= 0.3 is 0 Å². The molecule has 0 saturated carbocycles. The second-order valence-corrected chi connectivity index (χ2v) is 3.11. The van der Waals surface area contributed by atoms with Crippen LogP contribution in [0.2, 0.25) is 0 Å². The van der Waals surface area contributed by atoms with E-state index in [0.29, 0.717) is 0 Å². The Morgan fingerprint density at radius 3 is 3.08 bits per heavy atom. The standard InChI is InChI=1S/C10H12N2O/c1-2-3-10-11-6-8-4-5-9(13)7-12(8)10/h4-7,13H,2-3H2,1H3. The highest BCUT2D eigenvalue weighted by Gasteiger charge is 2.01. The van der Waals surface area contributed by atoms with E-state index in [1.54, 1.807) is 12.3 Å². The molecule has 0 amide bonds. The lowest BCUT2D eigenvalue weighted by molar-refractivity contribution is 0.471. The van der Waals surface area contributed by atoms with E-state index in [-0.39, 0.29) is 5.75 Å². The summed E-state index contributed by atoms with van der Waals surface area (Å²) in [6.07, 6.45) is 5.53. The van der Waals surface area contributed by atoms with Crippen LogP contribution in [0, 0.1) is 0 Å². The van der Waals surface area contributed by atoms with Crippen molar-refractivity contribution < 1.29 is 5.11 Å². The number of aryl methyl sites for hydroxylation is 1. The minimum Gasteiger partial charge on any atom is -0.506 e. The maximum Gasteiger partial charge on any atom is 0.132 e. The van der Waals surface area contributed by atoms with Crippen molar-refractivity contribution >= 4 is 5.52 Å². The number of aromatic hydroxyl groups is 1. The third kappa shape index (κ3) is 1.37. The maximum absolute atomic E-state index is 9.29. The fraction of sp³-hybridized carbons (Fsp3) is 0.300. The second-order valence-electron chi connectivity index (χ2n) is 3.11. The molecular formula is C10H12N2O. The molecule has 2 aromatic rings. The lowest BCUT2D eigenvalue weighted by Crippen LogP contribution is -1.92. The minimum absolute atomic E-state index is 0.280. The van der Waals surface area contributed by atoms with E-state index in [2.05, 4.69) is 11.9 Å². The molecule has 1 N–H and O–H groups in total. The third-order valence-electron chi connectivity index (χ3n) is 2.06. The molecule has 0 aliphatic heterocycles. The van der Waals surface area contributed by atoms with Crippen LogP contribution in [0.15, 0.2) is 24.5 Å². The number of hydrogen-bond donors (Lipinski definition) is 1. The number of nitrogens with zero attached hydrogens (tertiary/aromatic N) is 2. The molecule has 3 nitrogen and oxygen atoms in total. The molecule has 2 aromatic heterocycles. The first kappa shape index (κ1) is 8.10. The Kier molecular flexibility index (Phi) is 1.93. The average molecular weight is 176 g/mol. The van der Waals surface area contributed by atoms with Gasteiger partial charge in [0.2, 0.25) is 0 Å². The summed E-state index contributed by atoms with van der Waals surface area (Å²) in [6.45, 7) is 2.11. The van der Waals surface area contributed by atoms with Crippen molar-refractivity contribution in [1.29, 1.82) is 0 Å². The van der Waals surface area contributed by atoms with Gasteiger partial charge in [-0.25, -0.2) is 4.98 Å². The number of rotatable bonds is 2. The van der Waals surface area contributed by atoms with Gasteiger partial charge in [0.25, 0.3) is 0 Å². The van der Waals surface area contributed by atoms with Crippen LogP contribution in [0.25, 0.3) is 5.52 Å². The third-order valence-corrected chi connectivity index (χ3v) is 2.06. The molecular weight excluding hydrogens is 164 g/mol. The van der Waals surface area contributed by atoms with E-state index in [1.165, 1.54) is 0 Å². The van der Waals surface area contributed by atoms with Crippen molar-refractivity contribution in [2.24, 2.45) is 0 Å². The van der Waals surface area contributed by atoms with Gasteiger partial charge in [-0.15, -0.1) is 0 Å². The Labute approximate surface area is 76.7 Å². The summed E-state index contributed by atoms with van der Waals surface area (Å²) in [5.74, 6) is 1.29. The predicted octanol–water partition coefficient (Wildman–Crippen LogP) is 1.99.